The van der Waals surface area contributed by atoms with E-state index in [-0.39, 0.29) is 0 Å². The predicted molar refractivity (Wildman–Crippen MR) is 48.2 cm³/mol. The molecule has 1 heteroatoms. The van der Waals surface area contributed by atoms with Gasteiger partial charge in [-0.25, -0.2) is 0 Å². The molecule has 0 saturated carbocycles. The summed E-state index contributed by atoms with van der Waals surface area (Å²) in [5, 5.41) is 0. The molecular formula is C10H19O. The molecule has 65 valence electrons. The first-order valence-corrected chi connectivity index (χ1v) is 4.66. The highest BCUT2D eigenvalue weighted by Crippen LogP contribution is 2.13. The highest BCUT2D eigenvalue weighted by atomic mass is 16.1. The van der Waals surface area contributed by atoms with Crippen LogP contribution in [0.5, 0.6) is 0 Å². The van der Waals surface area contributed by atoms with Gasteiger partial charge in [-0.1, -0.05) is 39.5 Å². The molecule has 0 bridgehead atoms. The Balaban J connectivity index is 3.03. The van der Waals surface area contributed by atoms with Crippen LogP contribution in [0.25, 0.3) is 0 Å². The molecule has 1 unspecified atom stereocenters. The maximum atomic E-state index is 9.85. The summed E-state index contributed by atoms with van der Waals surface area (Å²) in [6.07, 6.45) is 8.64. The number of unbranched alkanes of at least 4 members (excludes halogenated alkanes) is 2. The summed E-state index contributed by atoms with van der Waals surface area (Å²) in [6, 6.07) is 0. The monoisotopic (exact) mass is 155 g/mol. The molecular weight excluding hydrogens is 136 g/mol. The SMILES string of the molecule is CCCC(C)CCCC[C]=O. The third-order valence-corrected chi connectivity index (χ3v) is 2.01. The zero-order chi connectivity index (χ0) is 8.53. The fourth-order valence-corrected chi connectivity index (χ4v) is 1.33. The zero-order valence-corrected chi connectivity index (χ0v) is 7.73. The van der Waals surface area contributed by atoms with Crippen molar-refractivity contribution in [2.24, 2.45) is 5.92 Å². The van der Waals surface area contributed by atoms with Crippen LogP contribution in [0, 0.1) is 5.92 Å². The Kier molecular flexibility index (Phi) is 7.54. The van der Waals surface area contributed by atoms with Crippen molar-refractivity contribution in [1.82, 2.24) is 0 Å². The van der Waals surface area contributed by atoms with E-state index in [4.69, 9.17) is 0 Å². The van der Waals surface area contributed by atoms with Gasteiger partial charge in [0.25, 0.3) is 0 Å². The summed E-state index contributed by atoms with van der Waals surface area (Å²) >= 11 is 0. The van der Waals surface area contributed by atoms with Gasteiger partial charge < -0.3 is 0 Å². The lowest BCUT2D eigenvalue weighted by molar-refractivity contribution is 0.460. The first-order chi connectivity index (χ1) is 5.31. The summed E-state index contributed by atoms with van der Waals surface area (Å²) in [6.45, 7) is 4.50. The Morgan fingerprint density at radius 2 is 2.00 bits per heavy atom. The molecule has 0 aromatic rings. The lowest BCUT2D eigenvalue weighted by Crippen LogP contribution is -1.93. The van der Waals surface area contributed by atoms with Crippen LogP contribution in [-0.4, -0.2) is 6.29 Å². The minimum atomic E-state index is 0.624. The third kappa shape index (κ3) is 7.57. The smallest absolute Gasteiger partial charge is 0.198 e. The van der Waals surface area contributed by atoms with Crippen LogP contribution < -0.4 is 0 Å². The Hall–Kier alpha value is -0.330. The molecule has 0 aliphatic heterocycles. The average Bonchev–Trinajstić information content (AvgIpc) is 1.99. The molecule has 0 aliphatic carbocycles. The van der Waals surface area contributed by atoms with Gasteiger partial charge in [0.2, 0.25) is 0 Å². The van der Waals surface area contributed by atoms with Crippen molar-refractivity contribution >= 4 is 6.29 Å². The van der Waals surface area contributed by atoms with E-state index in [1.54, 1.807) is 0 Å². The second-order valence-electron chi connectivity index (χ2n) is 3.28. The van der Waals surface area contributed by atoms with Gasteiger partial charge in [-0.2, -0.15) is 0 Å². The Bertz CT molecular complexity index is 88.9. The van der Waals surface area contributed by atoms with Crippen LogP contribution in [0.4, 0.5) is 0 Å². The zero-order valence-electron chi connectivity index (χ0n) is 7.73. The van der Waals surface area contributed by atoms with Crippen molar-refractivity contribution in [3.8, 4) is 0 Å². The van der Waals surface area contributed by atoms with E-state index in [0.29, 0.717) is 6.42 Å². The van der Waals surface area contributed by atoms with E-state index < -0.39 is 0 Å². The van der Waals surface area contributed by atoms with Crippen molar-refractivity contribution in [3.63, 3.8) is 0 Å². The minimum Gasteiger partial charge on any atom is -0.291 e. The van der Waals surface area contributed by atoms with Crippen molar-refractivity contribution in [2.45, 2.75) is 52.4 Å². The summed E-state index contributed by atoms with van der Waals surface area (Å²) in [5.41, 5.74) is 0. The van der Waals surface area contributed by atoms with Gasteiger partial charge in [-0.05, 0) is 12.3 Å². The van der Waals surface area contributed by atoms with Crippen LogP contribution in [0.2, 0.25) is 0 Å². The third-order valence-electron chi connectivity index (χ3n) is 2.01. The average molecular weight is 155 g/mol. The number of hydrogen-bond acceptors (Lipinski definition) is 1. The van der Waals surface area contributed by atoms with Crippen molar-refractivity contribution in [1.29, 1.82) is 0 Å². The summed E-state index contributed by atoms with van der Waals surface area (Å²) in [5.74, 6) is 0.839. The highest BCUT2D eigenvalue weighted by Gasteiger charge is 1.99. The fourth-order valence-electron chi connectivity index (χ4n) is 1.33. The summed E-state index contributed by atoms with van der Waals surface area (Å²) < 4.78 is 0. The fraction of sp³-hybridized carbons (Fsp3) is 0.900. The van der Waals surface area contributed by atoms with Crippen molar-refractivity contribution in [3.05, 3.63) is 0 Å². The van der Waals surface area contributed by atoms with Crippen LogP contribution >= 0.6 is 0 Å². The lowest BCUT2D eigenvalue weighted by atomic mass is 9.99. The van der Waals surface area contributed by atoms with Gasteiger partial charge in [0.1, 0.15) is 0 Å². The van der Waals surface area contributed by atoms with Gasteiger partial charge in [-0.15, -0.1) is 0 Å². The Morgan fingerprint density at radius 1 is 1.27 bits per heavy atom. The predicted octanol–water partition coefficient (Wildman–Crippen LogP) is 3.09. The first kappa shape index (κ1) is 10.7. The maximum Gasteiger partial charge on any atom is 0.198 e. The van der Waals surface area contributed by atoms with E-state index in [2.05, 4.69) is 13.8 Å². The van der Waals surface area contributed by atoms with Crippen molar-refractivity contribution < 1.29 is 4.79 Å². The number of hydrogen-bond donors (Lipinski definition) is 0. The lowest BCUT2D eigenvalue weighted by Gasteiger charge is -2.07. The van der Waals surface area contributed by atoms with E-state index in [9.17, 15) is 4.79 Å². The Labute approximate surface area is 70.2 Å². The van der Waals surface area contributed by atoms with E-state index in [1.165, 1.54) is 25.7 Å². The van der Waals surface area contributed by atoms with Gasteiger partial charge >= 0.3 is 0 Å². The number of rotatable bonds is 7. The van der Waals surface area contributed by atoms with Gasteiger partial charge in [0.15, 0.2) is 6.29 Å². The van der Waals surface area contributed by atoms with E-state index in [0.717, 1.165) is 12.3 Å². The van der Waals surface area contributed by atoms with Crippen LogP contribution in [0.15, 0.2) is 0 Å². The van der Waals surface area contributed by atoms with E-state index >= 15 is 0 Å². The summed E-state index contributed by atoms with van der Waals surface area (Å²) in [4.78, 5) is 9.85. The molecule has 0 saturated heterocycles. The molecule has 0 rings (SSSR count). The maximum absolute atomic E-state index is 9.85. The Morgan fingerprint density at radius 3 is 2.55 bits per heavy atom. The molecule has 0 N–H and O–H groups in total. The van der Waals surface area contributed by atoms with Crippen molar-refractivity contribution in [2.75, 3.05) is 0 Å². The van der Waals surface area contributed by atoms with Gasteiger partial charge in [0.05, 0.1) is 0 Å². The topological polar surface area (TPSA) is 17.1 Å². The first-order valence-electron chi connectivity index (χ1n) is 4.66. The largest absolute Gasteiger partial charge is 0.291 e. The summed E-state index contributed by atoms with van der Waals surface area (Å²) in [7, 11) is 0. The molecule has 0 aromatic carbocycles. The standard InChI is InChI=1S/C10H19O/c1-3-7-10(2)8-5-4-6-9-11/h10H,3-8H2,1-2H3. The molecule has 0 fully saturated rings. The second-order valence-corrected chi connectivity index (χ2v) is 3.28. The van der Waals surface area contributed by atoms with Crippen LogP contribution in [0.1, 0.15) is 52.4 Å². The molecule has 0 aliphatic rings. The normalized spacial score (nSPS) is 12.9. The van der Waals surface area contributed by atoms with E-state index in [1.807, 2.05) is 6.29 Å². The second kappa shape index (κ2) is 7.77. The van der Waals surface area contributed by atoms with Gasteiger partial charge in [0, 0.05) is 6.42 Å². The van der Waals surface area contributed by atoms with Crippen LogP contribution in [-0.2, 0) is 4.79 Å². The molecule has 1 atom stereocenters. The molecule has 1 radical (unpaired) electrons. The minimum absolute atomic E-state index is 0.624. The molecule has 0 aromatic heterocycles. The molecule has 0 spiro atoms. The molecule has 1 nitrogen and oxygen atoms in total. The van der Waals surface area contributed by atoms with Gasteiger partial charge in [-0.3, -0.25) is 4.79 Å². The highest BCUT2D eigenvalue weighted by molar-refractivity contribution is 5.50. The number of carbonyl (C=O) groups excluding carboxylic acids is 1. The molecule has 11 heavy (non-hydrogen) atoms. The molecule has 0 amide bonds. The quantitative estimate of drug-likeness (QED) is 0.516. The molecule has 0 heterocycles. The van der Waals surface area contributed by atoms with Crippen LogP contribution in [0.3, 0.4) is 0 Å².